The van der Waals surface area contributed by atoms with E-state index in [0.717, 1.165) is 15.7 Å². The maximum absolute atomic E-state index is 12.6. The Bertz CT molecular complexity index is 941. The summed E-state index contributed by atoms with van der Waals surface area (Å²) >= 11 is 2.82. The molecule has 0 aliphatic rings. The van der Waals surface area contributed by atoms with Gasteiger partial charge in [-0.1, -0.05) is 0 Å². The molecule has 0 unspecified atom stereocenters. The van der Waals surface area contributed by atoms with Crippen molar-refractivity contribution < 1.29 is 4.79 Å². The van der Waals surface area contributed by atoms with Crippen LogP contribution in [0.5, 0.6) is 0 Å². The summed E-state index contributed by atoms with van der Waals surface area (Å²) in [6.45, 7) is 8.12. The second-order valence-electron chi connectivity index (χ2n) is 6.75. The van der Waals surface area contributed by atoms with Crippen LogP contribution in [0.2, 0.25) is 0 Å². The van der Waals surface area contributed by atoms with Crippen LogP contribution in [0, 0.1) is 6.92 Å². The molecule has 2 aromatic heterocycles. The summed E-state index contributed by atoms with van der Waals surface area (Å²) in [4.78, 5) is 17.7. The predicted octanol–water partition coefficient (Wildman–Crippen LogP) is 3.78. The van der Waals surface area contributed by atoms with Crippen molar-refractivity contribution >= 4 is 39.8 Å². The van der Waals surface area contributed by atoms with Crippen molar-refractivity contribution in [2.45, 2.75) is 43.3 Å². The summed E-state index contributed by atoms with van der Waals surface area (Å²) in [5.41, 5.74) is 7.55. The van der Waals surface area contributed by atoms with Crippen LogP contribution >= 0.6 is 23.1 Å². The normalized spacial score (nSPS) is 11.5. The number of benzene rings is 1. The second-order valence-corrected chi connectivity index (χ2v) is 8.65. The Morgan fingerprint density at radius 2 is 2.12 bits per heavy atom. The van der Waals surface area contributed by atoms with E-state index in [1.807, 2.05) is 22.9 Å². The fourth-order valence-electron chi connectivity index (χ4n) is 2.23. The van der Waals surface area contributed by atoms with Crippen LogP contribution in [-0.2, 0) is 5.54 Å². The molecule has 3 rings (SSSR count). The lowest BCUT2D eigenvalue weighted by Crippen LogP contribution is -2.21. The van der Waals surface area contributed by atoms with Crippen LogP contribution < -0.4 is 11.1 Å². The third-order valence-electron chi connectivity index (χ3n) is 3.56. The fourth-order valence-corrected chi connectivity index (χ4v) is 3.95. The third-order valence-corrected chi connectivity index (χ3v) is 5.38. The number of aryl methyl sites for hydroxylation is 1. The van der Waals surface area contributed by atoms with Gasteiger partial charge < -0.3 is 10.3 Å². The zero-order chi connectivity index (χ0) is 18.9. The Labute approximate surface area is 160 Å². The minimum Gasteiger partial charge on any atom is -0.398 e. The molecular formula is C17H20N6OS2. The lowest BCUT2D eigenvalue weighted by atomic mass is 10.1. The van der Waals surface area contributed by atoms with E-state index >= 15 is 0 Å². The number of hydrogen-bond acceptors (Lipinski definition) is 7. The average molecular weight is 389 g/mol. The van der Waals surface area contributed by atoms with Crippen LogP contribution in [0.25, 0.3) is 0 Å². The van der Waals surface area contributed by atoms with E-state index in [1.165, 1.54) is 23.1 Å². The van der Waals surface area contributed by atoms with Gasteiger partial charge in [-0.25, -0.2) is 4.98 Å². The van der Waals surface area contributed by atoms with Crippen molar-refractivity contribution in [3.8, 4) is 0 Å². The van der Waals surface area contributed by atoms with Crippen LogP contribution in [0.15, 0.2) is 40.0 Å². The van der Waals surface area contributed by atoms with Gasteiger partial charge in [0, 0.05) is 21.5 Å². The molecule has 9 heteroatoms. The monoisotopic (exact) mass is 388 g/mol. The molecule has 0 radical (unpaired) electrons. The molecule has 1 amide bonds. The van der Waals surface area contributed by atoms with Gasteiger partial charge in [0.2, 0.25) is 0 Å². The number of amides is 1. The number of rotatable bonds is 4. The number of carbonyl (C=O) groups excluding carboxylic acids is 1. The number of anilines is 2. The van der Waals surface area contributed by atoms with Crippen LogP contribution in [0.4, 0.5) is 10.8 Å². The number of nitrogens with zero attached hydrogens (tertiary/aromatic N) is 4. The van der Waals surface area contributed by atoms with E-state index in [2.05, 4.69) is 41.3 Å². The van der Waals surface area contributed by atoms with E-state index in [0.29, 0.717) is 16.4 Å². The number of thiazole rings is 1. The first kappa shape index (κ1) is 18.4. The van der Waals surface area contributed by atoms with Crippen LogP contribution in [0.3, 0.4) is 0 Å². The molecule has 136 valence electrons. The standard InChI is InChI=1S/C17H20N6OS2/c1-10-8-25-15(20-10)21-14(24)12-7-11(5-6-13(12)18)26-16-22-19-9-23(16)17(2,3)4/h5-9H,18H2,1-4H3,(H,20,21,24). The maximum Gasteiger partial charge on any atom is 0.259 e. The molecule has 7 nitrogen and oxygen atoms in total. The smallest absolute Gasteiger partial charge is 0.259 e. The number of hydrogen-bond donors (Lipinski definition) is 2. The van der Waals surface area contributed by atoms with E-state index in [9.17, 15) is 4.79 Å². The lowest BCUT2D eigenvalue weighted by Gasteiger charge is -2.21. The summed E-state index contributed by atoms with van der Waals surface area (Å²) in [5, 5.41) is 14.2. The number of aromatic nitrogens is 4. The minimum atomic E-state index is -0.281. The van der Waals surface area contributed by atoms with Gasteiger partial charge in [-0.2, -0.15) is 0 Å². The average Bonchev–Trinajstić information content (AvgIpc) is 3.17. The maximum atomic E-state index is 12.6. The number of nitrogen functional groups attached to an aromatic ring is 1. The van der Waals surface area contributed by atoms with Crippen molar-refractivity contribution in [1.29, 1.82) is 0 Å². The first-order chi connectivity index (χ1) is 12.2. The van der Waals surface area contributed by atoms with Crippen molar-refractivity contribution in [3.63, 3.8) is 0 Å². The molecule has 1 aromatic carbocycles. The highest BCUT2D eigenvalue weighted by atomic mass is 32.2. The quantitative estimate of drug-likeness (QED) is 0.660. The van der Waals surface area contributed by atoms with Gasteiger partial charge in [0.25, 0.3) is 5.91 Å². The van der Waals surface area contributed by atoms with Crippen LogP contribution in [-0.4, -0.2) is 25.7 Å². The Kier molecular flexibility index (Phi) is 5.01. The minimum absolute atomic E-state index is 0.136. The van der Waals surface area contributed by atoms with E-state index in [4.69, 9.17) is 5.73 Å². The van der Waals surface area contributed by atoms with Crippen molar-refractivity contribution in [2.24, 2.45) is 0 Å². The molecule has 26 heavy (non-hydrogen) atoms. The zero-order valence-electron chi connectivity index (χ0n) is 15.0. The highest BCUT2D eigenvalue weighted by molar-refractivity contribution is 7.99. The highest BCUT2D eigenvalue weighted by Gasteiger charge is 2.19. The second kappa shape index (κ2) is 7.08. The van der Waals surface area contributed by atoms with E-state index in [-0.39, 0.29) is 11.4 Å². The summed E-state index contributed by atoms with van der Waals surface area (Å²) in [6, 6.07) is 5.35. The highest BCUT2D eigenvalue weighted by Crippen LogP contribution is 2.31. The van der Waals surface area contributed by atoms with Gasteiger partial charge in [0.1, 0.15) is 6.33 Å². The Morgan fingerprint density at radius 3 is 2.77 bits per heavy atom. The largest absolute Gasteiger partial charge is 0.398 e. The topological polar surface area (TPSA) is 98.7 Å². The molecule has 0 saturated carbocycles. The van der Waals surface area contributed by atoms with E-state index < -0.39 is 0 Å². The summed E-state index contributed by atoms with van der Waals surface area (Å²) in [6.07, 6.45) is 1.71. The molecule has 0 saturated heterocycles. The van der Waals surface area contributed by atoms with Gasteiger partial charge in [0.05, 0.1) is 11.3 Å². The van der Waals surface area contributed by atoms with Gasteiger partial charge >= 0.3 is 0 Å². The molecule has 0 spiro atoms. The van der Waals surface area contributed by atoms with Gasteiger partial charge in [-0.15, -0.1) is 21.5 Å². The van der Waals surface area contributed by atoms with Crippen LogP contribution in [0.1, 0.15) is 36.8 Å². The zero-order valence-corrected chi connectivity index (χ0v) is 16.6. The Balaban J connectivity index is 1.84. The first-order valence-electron chi connectivity index (χ1n) is 7.95. The molecule has 2 heterocycles. The summed E-state index contributed by atoms with van der Waals surface area (Å²) in [7, 11) is 0. The van der Waals surface area contributed by atoms with Crippen molar-refractivity contribution in [2.75, 3.05) is 11.1 Å². The number of carbonyl (C=O) groups is 1. The Hall–Kier alpha value is -2.39. The summed E-state index contributed by atoms with van der Waals surface area (Å²) in [5.74, 6) is -0.281. The molecule has 3 aromatic rings. The molecule has 0 aliphatic carbocycles. The molecular weight excluding hydrogens is 368 g/mol. The SMILES string of the molecule is Cc1csc(NC(=O)c2cc(Sc3nncn3C(C)(C)C)ccc2N)n1. The molecule has 0 aliphatic heterocycles. The molecule has 3 N–H and O–H groups in total. The lowest BCUT2D eigenvalue weighted by molar-refractivity contribution is 0.102. The Morgan fingerprint density at radius 1 is 1.35 bits per heavy atom. The number of nitrogens with one attached hydrogen (secondary N) is 1. The van der Waals surface area contributed by atoms with Gasteiger partial charge in [-0.3, -0.25) is 10.1 Å². The van der Waals surface area contributed by atoms with Crippen molar-refractivity contribution in [3.05, 3.63) is 41.2 Å². The summed E-state index contributed by atoms with van der Waals surface area (Å²) < 4.78 is 1.99. The molecule has 0 fully saturated rings. The first-order valence-corrected chi connectivity index (χ1v) is 9.65. The van der Waals surface area contributed by atoms with Gasteiger partial charge in [-0.05, 0) is 57.7 Å². The third kappa shape index (κ3) is 4.05. The molecule has 0 atom stereocenters. The van der Waals surface area contributed by atoms with Crippen molar-refractivity contribution in [1.82, 2.24) is 19.7 Å². The number of nitrogens with two attached hydrogens (primary N) is 1. The molecule has 0 bridgehead atoms. The predicted molar refractivity (Wildman–Crippen MR) is 105 cm³/mol. The van der Waals surface area contributed by atoms with E-state index in [1.54, 1.807) is 18.5 Å². The fraction of sp³-hybridized carbons (Fsp3) is 0.294. The van der Waals surface area contributed by atoms with Gasteiger partial charge in [0.15, 0.2) is 10.3 Å².